The first-order chi connectivity index (χ1) is 7.71. The van der Waals surface area contributed by atoms with Crippen LogP contribution in [0.15, 0.2) is 22.7 Å². The molecule has 0 unspecified atom stereocenters. The van der Waals surface area contributed by atoms with Crippen molar-refractivity contribution in [1.82, 2.24) is 0 Å². The van der Waals surface area contributed by atoms with Crippen LogP contribution < -0.4 is 10.4 Å². The van der Waals surface area contributed by atoms with Gasteiger partial charge in [0, 0.05) is 9.89 Å². The predicted molar refractivity (Wildman–Crippen MR) is 66.6 cm³/mol. The summed E-state index contributed by atoms with van der Waals surface area (Å²) < 4.78 is 0.511. The van der Waals surface area contributed by atoms with Gasteiger partial charge in [0.15, 0.2) is 0 Å². The highest BCUT2D eigenvalue weighted by Crippen LogP contribution is 2.25. The first kappa shape index (κ1) is 13.7. The number of carboxylic acids is 1. The third-order valence-electron chi connectivity index (χ3n) is 2.13. The Kier molecular flexibility index (Phi) is 3.93. The van der Waals surface area contributed by atoms with Gasteiger partial charge in [0.2, 0.25) is 5.91 Å². The van der Waals surface area contributed by atoms with Gasteiger partial charge in [0.25, 0.3) is 0 Å². The molecule has 0 fully saturated rings. The van der Waals surface area contributed by atoms with E-state index in [-0.39, 0.29) is 11.5 Å². The van der Waals surface area contributed by atoms with Crippen LogP contribution in [0.2, 0.25) is 0 Å². The van der Waals surface area contributed by atoms with E-state index in [1.807, 2.05) is 0 Å². The summed E-state index contributed by atoms with van der Waals surface area (Å²) in [4.78, 5) is 22.4. The molecular formula is C12H13BrNO3-. The van der Waals surface area contributed by atoms with Gasteiger partial charge >= 0.3 is 0 Å². The van der Waals surface area contributed by atoms with Crippen molar-refractivity contribution in [3.8, 4) is 0 Å². The normalized spacial score (nSPS) is 11.1. The molecule has 1 aromatic rings. The molecule has 0 aliphatic rings. The van der Waals surface area contributed by atoms with Crippen molar-refractivity contribution in [2.24, 2.45) is 5.41 Å². The number of carbonyl (C=O) groups is 2. The van der Waals surface area contributed by atoms with E-state index >= 15 is 0 Å². The van der Waals surface area contributed by atoms with E-state index in [1.165, 1.54) is 18.2 Å². The Labute approximate surface area is 108 Å². The molecule has 5 heteroatoms. The molecule has 1 N–H and O–H groups in total. The standard InChI is InChI=1S/C12H14BrNO3/c1-12(2,3)11(17)14-9-5-4-7(10(15)16)6-8(9)13/h4-6H,1-3H3,(H,14,17)(H,15,16)/p-1. The zero-order chi connectivity index (χ0) is 13.2. The fourth-order valence-electron chi connectivity index (χ4n) is 1.05. The number of hydrogen-bond acceptors (Lipinski definition) is 3. The number of carbonyl (C=O) groups excluding carboxylic acids is 2. The van der Waals surface area contributed by atoms with Crippen molar-refractivity contribution >= 4 is 33.5 Å². The van der Waals surface area contributed by atoms with Gasteiger partial charge < -0.3 is 15.2 Å². The van der Waals surface area contributed by atoms with Crippen LogP contribution in [-0.2, 0) is 4.79 Å². The molecule has 0 aliphatic heterocycles. The third kappa shape index (κ3) is 3.56. The number of hydrogen-bond donors (Lipinski definition) is 1. The van der Waals surface area contributed by atoms with Gasteiger partial charge in [0.05, 0.1) is 11.7 Å². The number of benzene rings is 1. The van der Waals surface area contributed by atoms with Gasteiger partial charge in [-0.1, -0.05) is 26.8 Å². The predicted octanol–water partition coefficient (Wildman–Crippen LogP) is 1.80. The molecule has 0 aromatic heterocycles. The summed E-state index contributed by atoms with van der Waals surface area (Å²) in [6, 6.07) is 4.31. The fourth-order valence-corrected chi connectivity index (χ4v) is 1.53. The van der Waals surface area contributed by atoms with E-state index < -0.39 is 11.4 Å². The lowest BCUT2D eigenvalue weighted by Crippen LogP contribution is -2.28. The number of amides is 1. The first-order valence-electron chi connectivity index (χ1n) is 5.04. The summed E-state index contributed by atoms with van der Waals surface area (Å²) in [5, 5.41) is 13.3. The monoisotopic (exact) mass is 298 g/mol. The van der Waals surface area contributed by atoms with Crippen LogP contribution in [-0.4, -0.2) is 11.9 Å². The molecule has 0 radical (unpaired) electrons. The molecule has 1 rings (SSSR count). The smallest absolute Gasteiger partial charge is 0.229 e. The Bertz CT molecular complexity index is 463. The topological polar surface area (TPSA) is 69.2 Å². The summed E-state index contributed by atoms with van der Waals surface area (Å²) in [5.41, 5.74) is 0.0903. The highest BCUT2D eigenvalue weighted by atomic mass is 79.9. The van der Waals surface area contributed by atoms with Crippen LogP contribution >= 0.6 is 15.9 Å². The van der Waals surface area contributed by atoms with Gasteiger partial charge in [-0.2, -0.15) is 0 Å². The number of rotatable bonds is 2. The maximum Gasteiger partial charge on any atom is 0.229 e. The zero-order valence-electron chi connectivity index (χ0n) is 9.83. The van der Waals surface area contributed by atoms with E-state index in [1.54, 1.807) is 20.8 Å². The van der Waals surface area contributed by atoms with Crippen molar-refractivity contribution in [3.63, 3.8) is 0 Å². The number of aromatic carboxylic acids is 1. The van der Waals surface area contributed by atoms with Crippen molar-refractivity contribution in [3.05, 3.63) is 28.2 Å². The number of nitrogens with one attached hydrogen (secondary N) is 1. The molecule has 17 heavy (non-hydrogen) atoms. The second kappa shape index (κ2) is 4.87. The average Bonchev–Trinajstić information content (AvgIpc) is 2.19. The Morgan fingerprint density at radius 1 is 1.29 bits per heavy atom. The minimum atomic E-state index is -1.25. The highest BCUT2D eigenvalue weighted by Gasteiger charge is 2.21. The van der Waals surface area contributed by atoms with E-state index in [0.29, 0.717) is 10.2 Å². The minimum absolute atomic E-state index is 0.0608. The molecule has 0 spiro atoms. The SMILES string of the molecule is CC(C)(C)C(=O)Nc1ccc(C(=O)[O-])cc1Br. The largest absolute Gasteiger partial charge is 0.545 e. The summed E-state index contributed by atoms with van der Waals surface area (Å²) in [5.74, 6) is -1.39. The zero-order valence-corrected chi connectivity index (χ0v) is 11.4. The van der Waals surface area contributed by atoms with E-state index in [4.69, 9.17) is 0 Å². The number of halogens is 1. The molecule has 0 saturated heterocycles. The lowest BCUT2D eigenvalue weighted by Gasteiger charge is -2.18. The molecule has 0 aliphatic carbocycles. The summed E-state index contributed by atoms with van der Waals surface area (Å²) in [6.45, 7) is 5.39. The Morgan fingerprint density at radius 2 is 1.88 bits per heavy atom. The van der Waals surface area contributed by atoms with Crippen LogP contribution in [0.5, 0.6) is 0 Å². The lowest BCUT2D eigenvalue weighted by molar-refractivity contribution is -0.255. The summed E-state index contributed by atoms with van der Waals surface area (Å²) >= 11 is 3.20. The second-order valence-corrected chi connectivity index (χ2v) is 5.54. The fraction of sp³-hybridized carbons (Fsp3) is 0.333. The molecule has 1 aromatic carbocycles. The quantitative estimate of drug-likeness (QED) is 0.905. The van der Waals surface area contributed by atoms with Crippen molar-refractivity contribution in [2.45, 2.75) is 20.8 Å². The van der Waals surface area contributed by atoms with Crippen LogP contribution in [0.1, 0.15) is 31.1 Å². The molecular weight excluding hydrogens is 286 g/mol. The highest BCUT2D eigenvalue weighted by molar-refractivity contribution is 9.10. The maximum atomic E-state index is 11.7. The average molecular weight is 299 g/mol. The van der Waals surface area contributed by atoms with Crippen LogP contribution in [0, 0.1) is 5.41 Å². The number of carboxylic acid groups (broad SMARTS) is 1. The van der Waals surface area contributed by atoms with Gasteiger partial charge in [-0.25, -0.2) is 0 Å². The van der Waals surface area contributed by atoms with Crippen molar-refractivity contribution < 1.29 is 14.7 Å². The molecule has 4 nitrogen and oxygen atoms in total. The molecule has 0 saturated carbocycles. The van der Waals surface area contributed by atoms with Crippen molar-refractivity contribution in [1.29, 1.82) is 0 Å². The molecule has 0 atom stereocenters. The van der Waals surface area contributed by atoms with Crippen LogP contribution in [0.25, 0.3) is 0 Å². The van der Waals surface area contributed by atoms with Crippen LogP contribution in [0.3, 0.4) is 0 Å². The molecule has 0 bridgehead atoms. The minimum Gasteiger partial charge on any atom is -0.545 e. The molecule has 1 amide bonds. The number of anilines is 1. The first-order valence-corrected chi connectivity index (χ1v) is 5.83. The Balaban J connectivity index is 2.95. The van der Waals surface area contributed by atoms with Gasteiger partial charge in [-0.3, -0.25) is 4.79 Å². The second-order valence-electron chi connectivity index (χ2n) is 4.69. The summed E-state index contributed by atoms with van der Waals surface area (Å²) in [7, 11) is 0. The van der Waals surface area contributed by atoms with E-state index in [0.717, 1.165) is 0 Å². The Hall–Kier alpha value is -1.36. The maximum absolute atomic E-state index is 11.7. The lowest BCUT2D eigenvalue weighted by atomic mass is 9.95. The van der Waals surface area contributed by atoms with E-state index in [9.17, 15) is 14.7 Å². The third-order valence-corrected chi connectivity index (χ3v) is 2.79. The van der Waals surface area contributed by atoms with Gasteiger partial charge in [0.1, 0.15) is 0 Å². The van der Waals surface area contributed by atoms with Crippen LogP contribution in [0.4, 0.5) is 5.69 Å². The van der Waals surface area contributed by atoms with Gasteiger partial charge in [-0.15, -0.1) is 0 Å². The van der Waals surface area contributed by atoms with Crippen molar-refractivity contribution in [2.75, 3.05) is 5.32 Å². The van der Waals surface area contributed by atoms with E-state index in [2.05, 4.69) is 21.2 Å². The summed E-state index contributed by atoms with van der Waals surface area (Å²) in [6.07, 6.45) is 0. The van der Waals surface area contributed by atoms with Gasteiger partial charge in [-0.05, 0) is 33.6 Å². The molecule has 0 heterocycles. The molecule has 92 valence electrons. The Morgan fingerprint density at radius 3 is 2.29 bits per heavy atom.